The molecule has 1 aromatic heterocycles. The normalized spacial score (nSPS) is 10.7. The molecule has 0 saturated heterocycles. The summed E-state index contributed by atoms with van der Waals surface area (Å²) in [4.78, 5) is 8.80. The van der Waals surface area contributed by atoms with Crippen molar-refractivity contribution in [3.8, 4) is 11.6 Å². The molecule has 142 valence electrons. The zero-order valence-electron chi connectivity index (χ0n) is 15.7. The number of methoxy groups -OCH3 is 2. The summed E-state index contributed by atoms with van der Waals surface area (Å²) in [6, 6.07) is 9.97. The summed E-state index contributed by atoms with van der Waals surface area (Å²) in [6.07, 6.45) is 1.77. The number of guanidine groups is 1. The Morgan fingerprint density at radius 2 is 1.92 bits per heavy atom. The van der Waals surface area contributed by atoms with Crippen LogP contribution in [0.1, 0.15) is 23.6 Å². The van der Waals surface area contributed by atoms with Crippen molar-refractivity contribution >= 4 is 29.9 Å². The number of aliphatic imine (C=N–C) groups is 1. The SMILES string of the molecule is CCNC(=NCc1ccc(OC)nc1)NCc1ccc(C)cc1OC.I. The molecule has 0 fully saturated rings. The van der Waals surface area contributed by atoms with Gasteiger partial charge in [-0.05, 0) is 31.0 Å². The summed E-state index contributed by atoms with van der Waals surface area (Å²) in [5.74, 6) is 2.23. The van der Waals surface area contributed by atoms with E-state index >= 15 is 0 Å². The predicted molar refractivity (Wildman–Crippen MR) is 116 cm³/mol. The molecule has 7 heteroatoms. The standard InChI is InChI=1S/C19H26N4O2.HI/c1-5-20-19(22-12-15-7-9-18(25-4)21-11-15)23-13-16-8-6-14(2)10-17(16)24-3;/h6-11H,5,12-13H2,1-4H3,(H2,20,22,23);1H. The third-order valence-electron chi connectivity index (χ3n) is 3.66. The van der Waals surface area contributed by atoms with Gasteiger partial charge in [-0.15, -0.1) is 24.0 Å². The molecule has 0 radical (unpaired) electrons. The molecule has 2 N–H and O–H groups in total. The molecule has 26 heavy (non-hydrogen) atoms. The largest absolute Gasteiger partial charge is 0.496 e. The van der Waals surface area contributed by atoms with Crippen LogP contribution in [0.2, 0.25) is 0 Å². The molecule has 0 aliphatic carbocycles. The van der Waals surface area contributed by atoms with Gasteiger partial charge in [0.05, 0.1) is 20.8 Å². The lowest BCUT2D eigenvalue weighted by atomic mass is 10.1. The van der Waals surface area contributed by atoms with E-state index in [1.165, 1.54) is 5.56 Å². The highest BCUT2D eigenvalue weighted by Crippen LogP contribution is 2.19. The monoisotopic (exact) mass is 470 g/mol. The number of ether oxygens (including phenoxy) is 2. The van der Waals surface area contributed by atoms with Gasteiger partial charge in [0.2, 0.25) is 5.88 Å². The smallest absolute Gasteiger partial charge is 0.212 e. The molecule has 1 heterocycles. The number of rotatable bonds is 7. The fourth-order valence-corrected chi connectivity index (χ4v) is 2.31. The van der Waals surface area contributed by atoms with Gasteiger partial charge < -0.3 is 20.1 Å². The lowest BCUT2D eigenvalue weighted by Crippen LogP contribution is -2.36. The molecular formula is C19H27IN4O2. The van der Waals surface area contributed by atoms with Gasteiger partial charge in [0.15, 0.2) is 5.96 Å². The van der Waals surface area contributed by atoms with Crippen molar-refractivity contribution in [3.63, 3.8) is 0 Å². The van der Waals surface area contributed by atoms with Crippen molar-refractivity contribution < 1.29 is 9.47 Å². The first-order valence-electron chi connectivity index (χ1n) is 8.31. The second-order valence-corrected chi connectivity index (χ2v) is 5.57. The highest BCUT2D eigenvalue weighted by molar-refractivity contribution is 14.0. The van der Waals surface area contributed by atoms with Crippen LogP contribution in [-0.2, 0) is 13.1 Å². The summed E-state index contributed by atoms with van der Waals surface area (Å²) in [5, 5.41) is 6.59. The first-order valence-corrected chi connectivity index (χ1v) is 8.31. The molecule has 6 nitrogen and oxygen atoms in total. The second kappa shape index (κ2) is 11.6. The van der Waals surface area contributed by atoms with Crippen LogP contribution in [0.25, 0.3) is 0 Å². The van der Waals surface area contributed by atoms with Crippen LogP contribution < -0.4 is 20.1 Å². The Hall–Kier alpha value is -2.03. The van der Waals surface area contributed by atoms with Gasteiger partial charge in [0, 0.05) is 30.9 Å². The van der Waals surface area contributed by atoms with E-state index in [1.54, 1.807) is 20.4 Å². The third kappa shape index (κ3) is 6.70. The Morgan fingerprint density at radius 3 is 2.54 bits per heavy atom. The van der Waals surface area contributed by atoms with E-state index in [0.717, 1.165) is 29.4 Å². The zero-order valence-corrected chi connectivity index (χ0v) is 18.0. The van der Waals surface area contributed by atoms with Crippen molar-refractivity contribution in [2.24, 2.45) is 4.99 Å². The number of hydrogen-bond donors (Lipinski definition) is 2. The summed E-state index contributed by atoms with van der Waals surface area (Å²) in [5.41, 5.74) is 3.28. The van der Waals surface area contributed by atoms with Crippen molar-refractivity contribution in [2.45, 2.75) is 26.9 Å². The number of aryl methyl sites for hydroxylation is 1. The van der Waals surface area contributed by atoms with Crippen molar-refractivity contribution in [2.75, 3.05) is 20.8 Å². The fraction of sp³-hybridized carbons (Fsp3) is 0.368. The minimum Gasteiger partial charge on any atom is -0.496 e. The van der Waals surface area contributed by atoms with Gasteiger partial charge in [-0.2, -0.15) is 0 Å². The number of nitrogens with zero attached hydrogens (tertiary/aromatic N) is 2. The van der Waals surface area contributed by atoms with E-state index in [-0.39, 0.29) is 24.0 Å². The molecule has 0 unspecified atom stereocenters. The maximum Gasteiger partial charge on any atom is 0.212 e. The first-order chi connectivity index (χ1) is 12.2. The fourth-order valence-electron chi connectivity index (χ4n) is 2.31. The summed E-state index contributed by atoms with van der Waals surface area (Å²) >= 11 is 0. The van der Waals surface area contributed by atoms with Gasteiger partial charge in [-0.3, -0.25) is 0 Å². The first kappa shape index (κ1) is 22.0. The van der Waals surface area contributed by atoms with E-state index in [2.05, 4.69) is 32.7 Å². The van der Waals surface area contributed by atoms with E-state index in [4.69, 9.17) is 9.47 Å². The van der Waals surface area contributed by atoms with E-state index in [9.17, 15) is 0 Å². The van der Waals surface area contributed by atoms with Gasteiger partial charge in [0.1, 0.15) is 5.75 Å². The Labute approximate surface area is 172 Å². The lowest BCUT2D eigenvalue weighted by molar-refractivity contribution is 0.397. The molecule has 0 saturated carbocycles. The molecule has 2 aromatic rings. The minimum absolute atomic E-state index is 0. The maximum absolute atomic E-state index is 5.45. The average molecular weight is 470 g/mol. The van der Waals surface area contributed by atoms with E-state index < -0.39 is 0 Å². The van der Waals surface area contributed by atoms with Gasteiger partial charge in [-0.25, -0.2) is 9.98 Å². The van der Waals surface area contributed by atoms with Gasteiger partial charge in [-0.1, -0.05) is 18.2 Å². The Balaban J connectivity index is 0.00000338. The Kier molecular flexibility index (Phi) is 9.79. The molecule has 1 aromatic carbocycles. The van der Waals surface area contributed by atoms with E-state index in [0.29, 0.717) is 19.0 Å². The van der Waals surface area contributed by atoms with Crippen molar-refractivity contribution in [3.05, 3.63) is 53.2 Å². The second-order valence-electron chi connectivity index (χ2n) is 5.57. The molecule has 2 rings (SSSR count). The Morgan fingerprint density at radius 1 is 1.12 bits per heavy atom. The number of aromatic nitrogens is 1. The molecule has 0 bridgehead atoms. The number of halogens is 1. The number of benzene rings is 1. The summed E-state index contributed by atoms with van der Waals surface area (Å²) in [7, 11) is 3.29. The number of pyridine rings is 1. The lowest BCUT2D eigenvalue weighted by Gasteiger charge is -2.14. The van der Waals surface area contributed by atoms with Crippen LogP contribution in [0.15, 0.2) is 41.5 Å². The van der Waals surface area contributed by atoms with Crippen LogP contribution in [0.4, 0.5) is 0 Å². The molecule has 0 aliphatic rings. The quantitative estimate of drug-likeness (QED) is 0.370. The van der Waals surface area contributed by atoms with Crippen LogP contribution >= 0.6 is 24.0 Å². The van der Waals surface area contributed by atoms with E-state index in [1.807, 2.05) is 32.0 Å². The summed E-state index contributed by atoms with van der Waals surface area (Å²) < 4.78 is 10.5. The predicted octanol–water partition coefficient (Wildman–Crippen LogP) is 3.28. The molecule has 0 atom stereocenters. The van der Waals surface area contributed by atoms with Crippen LogP contribution in [0.3, 0.4) is 0 Å². The van der Waals surface area contributed by atoms with Crippen LogP contribution in [-0.4, -0.2) is 31.7 Å². The molecular weight excluding hydrogens is 443 g/mol. The number of nitrogens with one attached hydrogen (secondary N) is 2. The highest BCUT2D eigenvalue weighted by Gasteiger charge is 2.05. The third-order valence-corrected chi connectivity index (χ3v) is 3.66. The zero-order chi connectivity index (χ0) is 18.1. The topological polar surface area (TPSA) is 67.8 Å². The maximum atomic E-state index is 5.45. The Bertz CT molecular complexity index is 705. The minimum atomic E-state index is 0. The molecule has 0 spiro atoms. The van der Waals surface area contributed by atoms with Crippen molar-refractivity contribution in [1.82, 2.24) is 15.6 Å². The van der Waals surface area contributed by atoms with Gasteiger partial charge in [0.25, 0.3) is 0 Å². The molecule has 0 amide bonds. The summed E-state index contributed by atoms with van der Waals surface area (Å²) in [6.45, 7) is 6.05. The van der Waals surface area contributed by atoms with Crippen LogP contribution in [0.5, 0.6) is 11.6 Å². The van der Waals surface area contributed by atoms with Crippen molar-refractivity contribution in [1.29, 1.82) is 0 Å². The highest BCUT2D eigenvalue weighted by atomic mass is 127. The molecule has 0 aliphatic heterocycles. The van der Waals surface area contributed by atoms with Crippen LogP contribution in [0, 0.1) is 6.92 Å². The number of hydrogen-bond acceptors (Lipinski definition) is 4. The van der Waals surface area contributed by atoms with Gasteiger partial charge >= 0.3 is 0 Å². The average Bonchev–Trinajstić information content (AvgIpc) is 2.65.